The van der Waals surface area contributed by atoms with E-state index in [0.717, 1.165) is 13.0 Å². The first kappa shape index (κ1) is 15.6. The number of hydrogen-bond donors (Lipinski definition) is 1. The summed E-state index contributed by atoms with van der Waals surface area (Å²) in [5.41, 5.74) is 8.66. The lowest BCUT2D eigenvalue weighted by molar-refractivity contribution is 0.0677. The molecule has 0 fully saturated rings. The molecule has 1 unspecified atom stereocenters. The standard InChI is InChI=1S/C16H18N2O2.ClH/c1-11-15-5-3-2-4-12(15)6-7-18(11)16(19)13-8-14(9-17)20-10-13;/h2-5,8,10-11H,6-7,9,17H2,1H3;1H. The minimum Gasteiger partial charge on any atom is -0.467 e. The molecule has 5 heteroatoms. The van der Waals surface area contributed by atoms with Gasteiger partial charge in [0.15, 0.2) is 0 Å². The molecule has 0 radical (unpaired) electrons. The van der Waals surface area contributed by atoms with E-state index in [4.69, 9.17) is 10.2 Å². The summed E-state index contributed by atoms with van der Waals surface area (Å²) in [4.78, 5) is 14.5. The minimum absolute atomic E-state index is 0. The molecule has 1 aromatic carbocycles. The molecule has 1 aliphatic rings. The number of amides is 1. The second kappa shape index (κ2) is 6.33. The number of furan rings is 1. The normalized spacial score (nSPS) is 17.0. The van der Waals surface area contributed by atoms with Crippen molar-refractivity contribution in [2.24, 2.45) is 5.73 Å². The molecule has 3 rings (SSSR count). The quantitative estimate of drug-likeness (QED) is 0.928. The van der Waals surface area contributed by atoms with Crippen LogP contribution in [-0.4, -0.2) is 17.4 Å². The molecular weight excluding hydrogens is 288 g/mol. The molecule has 4 nitrogen and oxygen atoms in total. The molecule has 0 spiro atoms. The molecule has 2 N–H and O–H groups in total. The smallest absolute Gasteiger partial charge is 0.257 e. The van der Waals surface area contributed by atoms with Gasteiger partial charge in [0, 0.05) is 6.54 Å². The van der Waals surface area contributed by atoms with Gasteiger partial charge in [-0.3, -0.25) is 4.79 Å². The Morgan fingerprint density at radius 3 is 2.90 bits per heavy atom. The van der Waals surface area contributed by atoms with Crippen LogP contribution in [0.15, 0.2) is 41.0 Å². The molecule has 21 heavy (non-hydrogen) atoms. The Morgan fingerprint density at radius 1 is 1.43 bits per heavy atom. The van der Waals surface area contributed by atoms with Crippen LogP contribution >= 0.6 is 12.4 Å². The van der Waals surface area contributed by atoms with Crippen molar-refractivity contribution in [3.8, 4) is 0 Å². The highest BCUT2D eigenvalue weighted by Gasteiger charge is 2.28. The molecule has 0 aliphatic carbocycles. The maximum atomic E-state index is 12.6. The van der Waals surface area contributed by atoms with E-state index >= 15 is 0 Å². The van der Waals surface area contributed by atoms with Crippen molar-refractivity contribution in [3.63, 3.8) is 0 Å². The molecule has 0 saturated carbocycles. The van der Waals surface area contributed by atoms with E-state index in [1.54, 1.807) is 6.07 Å². The van der Waals surface area contributed by atoms with Gasteiger partial charge in [-0.05, 0) is 30.5 Å². The van der Waals surface area contributed by atoms with Crippen molar-refractivity contribution in [2.45, 2.75) is 25.9 Å². The summed E-state index contributed by atoms with van der Waals surface area (Å²) in [6.45, 7) is 3.12. The van der Waals surface area contributed by atoms with Crippen LogP contribution in [0.25, 0.3) is 0 Å². The summed E-state index contributed by atoms with van der Waals surface area (Å²) < 4.78 is 5.26. The van der Waals surface area contributed by atoms with Crippen LogP contribution in [0.1, 0.15) is 40.2 Å². The summed E-state index contributed by atoms with van der Waals surface area (Å²) in [5.74, 6) is 0.647. The Morgan fingerprint density at radius 2 is 2.19 bits per heavy atom. The number of fused-ring (bicyclic) bond motifs is 1. The number of carbonyl (C=O) groups excluding carboxylic acids is 1. The van der Waals surface area contributed by atoms with Crippen molar-refractivity contribution >= 4 is 18.3 Å². The maximum Gasteiger partial charge on any atom is 0.257 e. The van der Waals surface area contributed by atoms with Crippen LogP contribution in [0.2, 0.25) is 0 Å². The van der Waals surface area contributed by atoms with E-state index in [-0.39, 0.29) is 24.4 Å². The van der Waals surface area contributed by atoms with Crippen LogP contribution in [0, 0.1) is 0 Å². The fraction of sp³-hybridized carbons (Fsp3) is 0.312. The fourth-order valence-corrected chi connectivity index (χ4v) is 2.81. The zero-order chi connectivity index (χ0) is 14.1. The van der Waals surface area contributed by atoms with Crippen LogP contribution in [0.3, 0.4) is 0 Å². The van der Waals surface area contributed by atoms with Crippen molar-refractivity contribution < 1.29 is 9.21 Å². The summed E-state index contributed by atoms with van der Waals surface area (Å²) in [7, 11) is 0. The Kier molecular flexibility index (Phi) is 4.70. The first-order valence-electron chi connectivity index (χ1n) is 6.87. The van der Waals surface area contributed by atoms with E-state index in [0.29, 0.717) is 17.9 Å². The van der Waals surface area contributed by atoms with Crippen LogP contribution in [0.4, 0.5) is 0 Å². The predicted octanol–water partition coefficient (Wildman–Crippen LogP) is 2.92. The first-order chi connectivity index (χ1) is 9.70. The third-order valence-corrected chi connectivity index (χ3v) is 3.96. The summed E-state index contributed by atoms with van der Waals surface area (Å²) >= 11 is 0. The van der Waals surface area contributed by atoms with Gasteiger partial charge in [0.1, 0.15) is 12.0 Å². The monoisotopic (exact) mass is 306 g/mol. The van der Waals surface area contributed by atoms with E-state index in [1.807, 2.05) is 17.0 Å². The molecule has 2 heterocycles. The zero-order valence-electron chi connectivity index (χ0n) is 11.9. The van der Waals surface area contributed by atoms with Gasteiger partial charge in [-0.15, -0.1) is 12.4 Å². The van der Waals surface area contributed by atoms with Gasteiger partial charge in [-0.25, -0.2) is 0 Å². The van der Waals surface area contributed by atoms with Crippen molar-refractivity contribution in [1.29, 1.82) is 0 Å². The molecule has 112 valence electrons. The Hall–Kier alpha value is -1.78. The SMILES string of the molecule is CC1c2ccccc2CCN1C(=O)c1coc(CN)c1.Cl. The number of nitrogens with two attached hydrogens (primary N) is 1. The molecule has 0 saturated heterocycles. The lowest BCUT2D eigenvalue weighted by Crippen LogP contribution is -2.38. The van der Waals surface area contributed by atoms with Crippen LogP contribution in [0.5, 0.6) is 0 Å². The van der Waals surface area contributed by atoms with Crippen LogP contribution < -0.4 is 5.73 Å². The van der Waals surface area contributed by atoms with E-state index in [1.165, 1.54) is 17.4 Å². The van der Waals surface area contributed by atoms with Crippen LogP contribution in [-0.2, 0) is 13.0 Å². The summed E-state index contributed by atoms with van der Waals surface area (Å²) in [6, 6.07) is 10.1. The number of halogens is 1. The third kappa shape index (κ3) is 2.82. The highest BCUT2D eigenvalue weighted by atomic mass is 35.5. The molecule has 2 aromatic rings. The average Bonchev–Trinajstić information content (AvgIpc) is 2.96. The van der Waals surface area contributed by atoms with E-state index < -0.39 is 0 Å². The largest absolute Gasteiger partial charge is 0.467 e. The first-order valence-corrected chi connectivity index (χ1v) is 6.87. The predicted molar refractivity (Wildman–Crippen MR) is 83.4 cm³/mol. The number of carbonyl (C=O) groups is 1. The van der Waals surface area contributed by atoms with Gasteiger partial charge in [0.25, 0.3) is 5.91 Å². The molecular formula is C16H19ClN2O2. The third-order valence-electron chi connectivity index (χ3n) is 3.96. The van der Waals surface area contributed by atoms with Crippen molar-refractivity contribution in [3.05, 3.63) is 59.0 Å². The highest BCUT2D eigenvalue weighted by molar-refractivity contribution is 5.94. The van der Waals surface area contributed by atoms with Gasteiger partial charge in [-0.2, -0.15) is 0 Å². The maximum absolute atomic E-state index is 12.6. The Balaban J connectivity index is 0.00000161. The van der Waals surface area contributed by atoms with Gasteiger partial charge in [0.05, 0.1) is 18.2 Å². The number of rotatable bonds is 2. The second-order valence-electron chi connectivity index (χ2n) is 5.13. The molecule has 1 aliphatic heterocycles. The van der Waals surface area contributed by atoms with E-state index in [9.17, 15) is 4.79 Å². The number of hydrogen-bond acceptors (Lipinski definition) is 3. The zero-order valence-corrected chi connectivity index (χ0v) is 12.7. The van der Waals surface area contributed by atoms with Gasteiger partial charge < -0.3 is 15.1 Å². The lowest BCUT2D eigenvalue weighted by atomic mass is 9.93. The van der Waals surface area contributed by atoms with Crippen molar-refractivity contribution in [2.75, 3.05) is 6.54 Å². The van der Waals surface area contributed by atoms with Crippen molar-refractivity contribution in [1.82, 2.24) is 4.90 Å². The van der Waals surface area contributed by atoms with Gasteiger partial charge in [-0.1, -0.05) is 24.3 Å². The number of nitrogens with zero attached hydrogens (tertiary/aromatic N) is 1. The Labute approximate surface area is 130 Å². The highest BCUT2D eigenvalue weighted by Crippen LogP contribution is 2.30. The average molecular weight is 307 g/mol. The summed E-state index contributed by atoms with van der Waals surface area (Å²) in [5, 5.41) is 0. The molecule has 0 bridgehead atoms. The second-order valence-corrected chi connectivity index (χ2v) is 5.13. The minimum atomic E-state index is 0. The topological polar surface area (TPSA) is 59.5 Å². The molecule has 1 atom stereocenters. The molecule has 1 aromatic heterocycles. The van der Waals surface area contributed by atoms with Gasteiger partial charge >= 0.3 is 0 Å². The fourth-order valence-electron chi connectivity index (χ4n) is 2.81. The van der Waals surface area contributed by atoms with E-state index in [2.05, 4.69) is 19.1 Å². The lowest BCUT2D eigenvalue weighted by Gasteiger charge is -2.35. The molecule has 1 amide bonds. The number of benzene rings is 1. The summed E-state index contributed by atoms with van der Waals surface area (Å²) in [6.07, 6.45) is 2.39. The van der Waals surface area contributed by atoms with Gasteiger partial charge in [0.2, 0.25) is 0 Å². The Bertz CT molecular complexity index is 639.